The molecule has 1 saturated carbocycles. The van der Waals surface area contributed by atoms with Crippen molar-refractivity contribution in [1.82, 2.24) is 15.3 Å². The molecule has 0 aliphatic heterocycles. The first kappa shape index (κ1) is 13.6. The fourth-order valence-corrected chi connectivity index (χ4v) is 3.15. The lowest BCUT2D eigenvalue weighted by molar-refractivity contribution is 0.0381. The lowest BCUT2D eigenvalue weighted by Gasteiger charge is -2.33. The fraction of sp³-hybridized carbons (Fsp3) is 0.562. The van der Waals surface area contributed by atoms with E-state index in [4.69, 9.17) is 4.74 Å². The van der Waals surface area contributed by atoms with Gasteiger partial charge in [-0.2, -0.15) is 0 Å². The van der Waals surface area contributed by atoms with Crippen molar-refractivity contribution in [2.45, 2.75) is 50.8 Å². The molecule has 4 nitrogen and oxygen atoms in total. The zero-order valence-electron chi connectivity index (χ0n) is 12.2. The monoisotopic (exact) mass is 273 g/mol. The topological polar surface area (TPSA) is 49.9 Å². The molecule has 1 aliphatic carbocycles. The Kier molecular flexibility index (Phi) is 4.03. The van der Waals surface area contributed by atoms with Gasteiger partial charge in [0.2, 0.25) is 0 Å². The van der Waals surface area contributed by atoms with Crippen LogP contribution < -0.4 is 5.32 Å². The molecule has 108 valence electrons. The van der Waals surface area contributed by atoms with Gasteiger partial charge in [-0.15, -0.1) is 0 Å². The number of hydrogen-bond acceptors (Lipinski definition) is 3. The van der Waals surface area contributed by atoms with Crippen molar-refractivity contribution in [2.75, 3.05) is 7.11 Å². The van der Waals surface area contributed by atoms with Gasteiger partial charge in [-0.3, -0.25) is 0 Å². The zero-order chi connectivity index (χ0) is 13.9. The van der Waals surface area contributed by atoms with E-state index in [0.717, 1.165) is 23.3 Å². The van der Waals surface area contributed by atoms with Gasteiger partial charge < -0.3 is 15.0 Å². The number of aromatic amines is 1. The van der Waals surface area contributed by atoms with Crippen LogP contribution in [0.15, 0.2) is 24.3 Å². The summed E-state index contributed by atoms with van der Waals surface area (Å²) >= 11 is 0. The smallest absolute Gasteiger partial charge is 0.124 e. The average molecular weight is 273 g/mol. The number of imidazole rings is 1. The minimum Gasteiger partial charge on any atom is -0.380 e. The van der Waals surface area contributed by atoms with Crippen molar-refractivity contribution >= 4 is 11.0 Å². The van der Waals surface area contributed by atoms with Gasteiger partial charge in [0, 0.05) is 13.2 Å². The van der Waals surface area contributed by atoms with Crippen LogP contribution in [0, 0.1) is 0 Å². The maximum Gasteiger partial charge on any atom is 0.124 e. The maximum absolute atomic E-state index is 5.61. The molecular weight excluding hydrogens is 250 g/mol. The number of methoxy groups -OCH3 is 1. The van der Waals surface area contributed by atoms with Gasteiger partial charge in [0.1, 0.15) is 5.82 Å². The third-order valence-electron chi connectivity index (χ3n) is 4.29. The predicted octanol–water partition coefficient (Wildman–Crippen LogP) is 3.17. The Balaban J connectivity index is 1.73. The van der Waals surface area contributed by atoms with E-state index < -0.39 is 0 Å². The summed E-state index contributed by atoms with van der Waals surface area (Å²) in [6.07, 6.45) is 5.22. The number of rotatable bonds is 4. The lowest BCUT2D eigenvalue weighted by Crippen LogP contribution is -2.44. The molecule has 2 aromatic rings. The zero-order valence-corrected chi connectivity index (χ0v) is 12.2. The second-order valence-corrected chi connectivity index (χ2v) is 5.69. The molecule has 3 unspecified atom stereocenters. The largest absolute Gasteiger partial charge is 0.380 e. The van der Waals surface area contributed by atoms with Crippen molar-refractivity contribution in [3.05, 3.63) is 30.1 Å². The fourth-order valence-electron chi connectivity index (χ4n) is 3.15. The van der Waals surface area contributed by atoms with Crippen molar-refractivity contribution in [2.24, 2.45) is 0 Å². The highest BCUT2D eigenvalue weighted by Crippen LogP contribution is 2.24. The second-order valence-electron chi connectivity index (χ2n) is 5.69. The van der Waals surface area contributed by atoms with Crippen LogP contribution in [0.1, 0.15) is 44.5 Å². The molecule has 1 fully saturated rings. The molecule has 2 N–H and O–H groups in total. The summed E-state index contributed by atoms with van der Waals surface area (Å²) < 4.78 is 5.61. The van der Waals surface area contributed by atoms with Gasteiger partial charge in [0.25, 0.3) is 0 Å². The Labute approximate surface area is 119 Å². The molecule has 1 aliphatic rings. The number of benzene rings is 1. The number of nitrogens with zero attached hydrogens (tertiary/aromatic N) is 1. The van der Waals surface area contributed by atoms with Gasteiger partial charge in [-0.25, -0.2) is 4.98 Å². The lowest BCUT2D eigenvalue weighted by atomic mass is 9.92. The van der Waals surface area contributed by atoms with Crippen molar-refractivity contribution < 1.29 is 4.74 Å². The number of aromatic nitrogens is 2. The van der Waals surface area contributed by atoms with Gasteiger partial charge >= 0.3 is 0 Å². The molecule has 0 radical (unpaired) electrons. The Morgan fingerprint density at radius 3 is 2.90 bits per heavy atom. The summed E-state index contributed by atoms with van der Waals surface area (Å²) in [5.74, 6) is 1.01. The molecule has 3 atom stereocenters. The van der Waals surface area contributed by atoms with Crippen LogP contribution in [0.5, 0.6) is 0 Å². The summed E-state index contributed by atoms with van der Waals surface area (Å²) in [5.41, 5.74) is 2.13. The molecule has 0 amide bonds. The summed E-state index contributed by atoms with van der Waals surface area (Å²) in [6, 6.07) is 8.80. The number of para-hydroxylation sites is 2. The van der Waals surface area contributed by atoms with E-state index in [0.29, 0.717) is 12.1 Å². The van der Waals surface area contributed by atoms with E-state index in [-0.39, 0.29) is 6.04 Å². The minimum absolute atomic E-state index is 0.211. The number of hydrogen-bond donors (Lipinski definition) is 2. The predicted molar refractivity (Wildman–Crippen MR) is 80.7 cm³/mol. The molecule has 1 aromatic heterocycles. The third-order valence-corrected chi connectivity index (χ3v) is 4.29. The Hall–Kier alpha value is -1.39. The molecule has 0 spiro atoms. The van der Waals surface area contributed by atoms with Gasteiger partial charge in [0.05, 0.1) is 23.2 Å². The van der Waals surface area contributed by atoms with Gasteiger partial charge in [-0.1, -0.05) is 25.0 Å². The Morgan fingerprint density at radius 2 is 2.10 bits per heavy atom. The van der Waals surface area contributed by atoms with Crippen molar-refractivity contribution in [1.29, 1.82) is 0 Å². The van der Waals surface area contributed by atoms with E-state index in [1.54, 1.807) is 0 Å². The molecule has 4 heteroatoms. The summed E-state index contributed by atoms with van der Waals surface area (Å²) in [5, 5.41) is 3.68. The van der Waals surface area contributed by atoms with E-state index in [2.05, 4.69) is 28.3 Å². The highest BCUT2D eigenvalue weighted by molar-refractivity contribution is 5.74. The molecule has 3 rings (SSSR count). The van der Waals surface area contributed by atoms with E-state index in [1.807, 2.05) is 25.3 Å². The first-order chi connectivity index (χ1) is 9.78. The first-order valence-electron chi connectivity index (χ1n) is 7.51. The second kappa shape index (κ2) is 5.94. The number of nitrogens with one attached hydrogen (secondary N) is 2. The van der Waals surface area contributed by atoms with Crippen LogP contribution in [0.2, 0.25) is 0 Å². The van der Waals surface area contributed by atoms with Crippen molar-refractivity contribution in [3.63, 3.8) is 0 Å². The molecule has 20 heavy (non-hydrogen) atoms. The summed E-state index contributed by atoms with van der Waals surface area (Å²) in [4.78, 5) is 8.07. The van der Waals surface area contributed by atoms with E-state index >= 15 is 0 Å². The highest BCUT2D eigenvalue weighted by atomic mass is 16.5. The van der Waals surface area contributed by atoms with Crippen LogP contribution in [-0.2, 0) is 4.74 Å². The van der Waals surface area contributed by atoms with Crippen LogP contribution >= 0.6 is 0 Å². The number of fused-ring (bicyclic) bond motifs is 1. The molecule has 1 aromatic carbocycles. The number of H-pyrrole nitrogens is 1. The summed E-state index contributed by atoms with van der Waals surface area (Å²) in [7, 11) is 1.82. The quantitative estimate of drug-likeness (QED) is 0.899. The molecular formula is C16H23N3O. The maximum atomic E-state index is 5.61. The SMILES string of the molecule is COC1CCCCC1NC(C)c1nc2ccccc2[nH]1. The molecule has 1 heterocycles. The highest BCUT2D eigenvalue weighted by Gasteiger charge is 2.26. The van der Waals surface area contributed by atoms with Crippen LogP contribution in [0.3, 0.4) is 0 Å². The minimum atomic E-state index is 0.211. The number of ether oxygens (including phenoxy) is 1. The van der Waals surface area contributed by atoms with Gasteiger partial charge in [0.15, 0.2) is 0 Å². The van der Waals surface area contributed by atoms with Crippen LogP contribution in [-0.4, -0.2) is 29.2 Å². The standard InChI is InChI=1S/C16H23N3O/c1-11(17-14-9-5-6-10-15(14)20-2)16-18-12-7-3-4-8-13(12)19-16/h3-4,7-8,11,14-15,17H,5-6,9-10H2,1-2H3,(H,18,19). The molecule has 0 bridgehead atoms. The summed E-state index contributed by atoms with van der Waals surface area (Å²) in [6.45, 7) is 2.17. The van der Waals surface area contributed by atoms with Crippen molar-refractivity contribution in [3.8, 4) is 0 Å². The van der Waals surface area contributed by atoms with Crippen LogP contribution in [0.25, 0.3) is 11.0 Å². The average Bonchev–Trinajstić information content (AvgIpc) is 2.92. The third kappa shape index (κ3) is 2.72. The van der Waals surface area contributed by atoms with E-state index in [1.165, 1.54) is 19.3 Å². The Morgan fingerprint density at radius 1 is 1.30 bits per heavy atom. The Bertz CT molecular complexity index is 533. The first-order valence-corrected chi connectivity index (χ1v) is 7.51. The normalized spacial score (nSPS) is 24.9. The molecule has 0 saturated heterocycles. The van der Waals surface area contributed by atoms with Crippen LogP contribution in [0.4, 0.5) is 0 Å². The van der Waals surface area contributed by atoms with Gasteiger partial charge in [-0.05, 0) is 31.9 Å². The van der Waals surface area contributed by atoms with E-state index in [9.17, 15) is 0 Å².